The number of fused-ring (bicyclic) bond motifs is 15. The number of anilines is 3. The van der Waals surface area contributed by atoms with Crippen LogP contribution in [0.1, 0.15) is 22.3 Å². The van der Waals surface area contributed by atoms with Crippen LogP contribution in [0.4, 0.5) is 17.1 Å². The molecule has 3 nitrogen and oxygen atoms in total. The first-order valence-electron chi connectivity index (χ1n) is 18.0. The third-order valence-electron chi connectivity index (χ3n) is 11.3. The third kappa shape index (κ3) is 3.83. The molecule has 8 aromatic carbocycles. The Morgan fingerprint density at radius 3 is 1.75 bits per heavy atom. The molecular formula is C49H29NO2S. The molecule has 53 heavy (non-hydrogen) atoms. The summed E-state index contributed by atoms with van der Waals surface area (Å²) in [5, 5.41) is 2.47. The molecule has 0 atom stereocenters. The van der Waals surface area contributed by atoms with Gasteiger partial charge >= 0.3 is 0 Å². The summed E-state index contributed by atoms with van der Waals surface area (Å²) in [6.45, 7) is 0. The molecule has 0 bridgehead atoms. The molecule has 12 rings (SSSR count). The van der Waals surface area contributed by atoms with Crippen LogP contribution in [0.3, 0.4) is 0 Å². The molecule has 4 heteroatoms. The number of rotatable bonds is 3. The van der Waals surface area contributed by atoms with Crippen molar-refractivity contribution in [2.24, 2.45) is 0 Å². The van der Waals surface area contributed by atoms with E-state index in [9.17, 15) is 0 Å². The monoisotopic (exact) mass is 695 g/mol. The van der Waals surface area contributed by atoms with Crippen molar-refractivity contribution in [3.8, 4) is 45.3 Å². The van der Waals surface area contributed by atoms with Crippen LogP contribution >= 0.6 is 11.3 Å². The average molecular weight is 696 g/mol. The Hall–Kier alpha value is -6.62. The van der Waals surface area contributed by atoms with E-state index in [0.29, 0.717) is 17.2 Å². The Labute approximate surface area is 310 Å². The van der Waals surface area contributed by atoms with Crippen molar-refractivity contribution < 1.29 is 9.47 Å². The number of hydrogen-bond donors (Lipinski definition) is 0. The number of nitrogens with zero attached hydrogens (tertiary/aromatic N) is 1. The van der Waals surface area contributed by atoms with Crippen LogP contribution in [0.5, 0.6) is 23.0 Å². The topological polar surface area (TPSA) is 21.7 Å². The molecule has 0 amide bonds. The largest absolute Gasteiger partial charge is 0.449 e. The van der Waals surface area contributed by atoms with Crippen molar-refractivity contribution in [1.29, 1.82) is 0 Å². The number of benzene rings is 8. The first-order valence-corrected chi connectivity index (χ1v) is 18.8. The quantitative estimate of drug-likeness (QED) is 0.184. The van der Waals surface area contributed by atoms with Gasteiger partial charge in [0.15, 0.2) is 23.0 Å². The smallest absolute Gasteiger partial charge is 0.194 e. The zero-order chi connectivity index (χ0) is 34.7. The van der Waals surface area contributed by atoms with Crippen LogP contribution < -0.4 is 14.4 Å². The van der Waals surface area contributed by atoms with Crippen molar-refractivity contribution >= 4 is 48.6 Å². The lowest BCUT2D eigenvalue weighted by Gasteiger charge is -2.32. The number of thiophene rings is 1. The molecule has 1 spiro atoms. The Morgan fingerprint density at radius 2 is 1.00 bits per heavy atom. The van der Waals surface area contributed by atoms with Crippen molar-refractivity contribution in [1.82, 2.24) is 0 Å². The Kier molecular flexibility index (Phi) is 5.86. The molecule has 1 aliphatic heterocycles. The molecule has 0 saturated carbocycles. The summed E-state index contributed by atoms with van der Waals surface area (Å²) in [5.74, 6) is 2.81. The summed E-state index contributed by atoms with van der Waals surface area (Å²) >= 11 is 1.83. The zero-order valence-corrected chi connectivity index (χ0v) is 29.2. The molecule has 0 N–H and O–H groups in total. The van der Waals surface area contributed by atoms with Crippen LogP contribution in [0.25, 0.3) is 42.4 Å². The van der Waals surface area contributed by atoms with Gasteiger partial charge in [0, 0.05) is 25.9 Å². The highest BCUT2D eigenvalue weighted by molar-refractivity contribution is 7.26. The van der Waals surface area contributed by atoms with E-state index in [-0.39, 0.29) is 0 Å². The van der Waals surface area contributed by atoms with Crippen LogP contribution in [0.15, 0.2) is 176 Å². The summed E-state index contributed by atoms with van der Waals surface area (Å²) in [5.41, 5.74) is 12.7. The number of para-hydroxylation sites is 2. The normalized spacial score (nSPS) is 13.7. The number of ether oxygens (including phenoxy) is 2. The van der Waals surface area contributed by atoms with E-state index in [2.05, 4.69) is 175 Å². The lowest BCUT2D eigenvalue weighted by molar-refractivity contribution is 0.360. The van der Waals surface area contributed by atoms with Gasteiger partial charge in [-0.1, -0.05) is 121 Å². The fraction of sp³-hybridized carbons (Fsp3) is 0.0204. The lowest BCUT2D eigenvalue weighted by atomic mass is 9.70. The molecule has 0 radical (unpaired) electrons. The van der Waals surface area contributed by atoms with Gasteiger partial charge in [0.05, 0.1) is 16.8 Å². The predicted octanol–water partition coefficient (Wildman–Crippen LogP) is 13.8. The van der Waals surface area contributed by atoms with Gasteiger partial charge in [-0.2, -0.15) is 0 Å². The summed E-state index contributed by atoms with van der Waals surface area (Å²) in [6.07, 6.45) is 0. The van der Waals surface area contributed by atoms with Crippen LogP contribution in [-0.2, 0) is 5.41 Å². The minimum atomic E-state index is -0.469. The van der Waals surface area contributed by atoms with Crippen LogP contribution in [0.2, 0.25) is 0 Å². The standard InChI is InChI=1S/C49H29NO2S/c1-2-14-30(15-3-1)50(40-23-13-27-46-47(40)34-19-7-11-26-45(34)53-46)41-24-12-25-42-48(41)52-44-29-39-35(28-43(44)51-42)33-18-6-10-22-38(33)49(39)36-20-8-4-16-31(36)32-17-5-9-21-37(32)49/h1-29H. The lowest BCUT2D eigenvalue weighted by Crippen LogP contribution is -2.25. The van der Waals surface area contributed by atoms with E-state index in [0.717, 1.165) is 22.8 Å². The van der Waals surface area contributed by atoms with Crippen LogP contribution in [-0.4, -0.2) is 0 Å². The van der Waals surface area contributed by atoms with Gasteiger partial charge in [0.1, 0.15) is 0 Å². The van der Waals surface area contributed by atoms with Crippen molar-refractivity contribution in [2.45, 2.75) is 5.41 Å². The molecule has 0 fully saturated rings. The average Bonchev–Trinajstić information content (AvgIpc) is 3.84. The summed E-state index contributed by atoms with van der Waals surface area (Å²) in [7, 11) is 0. The van der Waals surface area contributed by atoms with Crippen LogP contribution in [0, 0.1) is 0 Å². The highest BCUT2D eigenvalue weighted by Crippen LogP contribution is 2.65. The second-order valence-electron chi connectivity index (χ2n) is 14.0. The van der Waals surface area contributed by atoms with E-state index in [1.807, 2.05) is 17.4 Å². The predicted molar refractivity (Wildman–Crippen MR) is 217 cm³/mol. The Morgan fingerprint density at radius 1 is 0.415 bits per heavy atom. The Balaban J connectivity index is 1.08. The van der Waals surface area contributed by atoms with E-state index in [1.54, 1.807) is 0 Å². The van der Waals surface area contributed by atoms with E-state index < -0.39 is 5.41 Å². The highest BCUT2D eigenvalue weighted by atomic mass is 32.1. The molecule has 248 valence electrons. The highest BCUT2D eigenvalue weighted by Gasteiger charge is 2.52. The summed E-state index contributed by atoms with van der Waals surface area (Å²) < 4.78 is 16.5. The zero-order valence-electron chi connectivity index (χ0n) is 28.4. The van der Waals surface area contributed by atoms with Crippen molar-refractivity contribution in [2.75, 3.05) is 4.90 Å². The second-order valence-corrected chi connectivity index (χ2v) is 15.0. The van der Waals surface area contributed by atoms with Crippen molar-refractivity contribution in [3.63, 3.8) is 0 Å². The maximum Gasteiger partial charge on any atom is 0.194 e. The van der Waals surface area contributed by atoms with Gasteiger partial charge in [-0.05, 0) is 99.1 Å². The fourth-order valence-electron chi connectivity index (χ4n) is 9.28. The first-order chi connectivity index (χ1) is 26.3. The van der Waals surface area contributed by atoms with E-state index in [1.165, 1.54) is 64.7 Å². The second kappa shape index (κ2) is 10.7. The van der Waals surface area contributed by atoms with Gasteiger partial charge in [0.25, 0.3) is 0 Å². The van der Waals surface area contributed by atoms with Gasteiger partial charge in [-0.3, -0.25) is 0 Å². The summed E-state index contributed by atoms with van der Waals surface area (Å²) in [4.78, 5) is 2.32. The molecule has 0 saturated heterocycles. The van der Waals surface area contributed by atoms with Gasteiger partial charge in [-0.15, -0.1) is 11.3 Å². The molecule has 0 unspecified atom stereocenters. The number of hydrogen-bond acceptors (Lipinski definition) is 4. The minimum Gasteiger partial charge on any atom is -0.449 e. The molecular weight excluding hydrogens is 667 g/mol. The Bertz CT molecular complexity index is 2930. The molecule has 3 aliphatic rings. The molecule has 1 aromatic heterocycles. The van der Waals surface area contributed by atoms with Gasteiger partial charge < -0.3 is 14.4 Å². The van der Waals surface area contributed by atoms with E-state index in [4.69, 9.17) is 9.47 Å². The first kappa shape index (κ1) is 29.0. The minimum absolute atomic E-state index is 0.469. The SMILES string of the molecule is c1ccc(N(c2cccc3c2Oc2cc4c(cc2O3)-c2ccccc2C42c3ccccc3-c3ccccc32)c2cccc3sc4ccccc4c23)cc1. The van der Waals surface area contributed by atoms with Crippen molar-refractivity contribution in [3.05, 3.63) is 198 Å². The van der Waals surface area contributed by atoms with Gasteiger partial charge in [0.2, 0.25) is 0 Å². The third-order valence-corrected chi connectivity index (χ3v) is 12.5. The maximum atomic E-state index is 7.15. The van der Waals surface area contributed by atoms with Gasteiger partial charge in [-0.25, -0.2) is 0 Å². The maximum absolute atomic E-state index is 7.15. The molecule has 9 aromatic rings. The fourth-order valence-corrected chi connectivity index (χ4v) is 10.4. The van der Waals surface area contributed by atoms with E-state index >= 15 is 0 Å². The molecule has 2 heterocycles. The summed E-state index contributed by atoms with van der Waals surface area (Å²) in [6, 6.07) is 63.1. The molecule has 2 aliphatic carbocycles.